The zero-order chi connectivity index (χ0) is 21.0. The first-order valence-corrected chi connectivity index (χ1v) is 10.4. The number of nitrogens with one attached hydrogen (secondary N) is 1. The summed E-state index contributed by atoms with van der Waals surface area (Å²) < 4.78 is 10.9. The van der Waals surface area contributed by atoms with Crippen LogP contribution in [0.5, 0.6) is 5.75 Å². The number of nitrogens with zero attached hydrogens (tertiary/aromatic N) is 5. The second kappa shape index (κ2) is 8.69. The van der Waals surface area contributed by atoms with Crippen molar-refractivity contribution in [1.29, 1.82) is 0 Å². The van der Waals surface area contributed by atoms with Crippen LogP contribution < -0.4 is 4.74 Å². The maximum Gasteiger partial charge on any atom is 0.230 e. The average molecular weight is 416 g/mol. The minimum absolute atomic E-state index is 0.281. The fourth-order valence-electron chi connectivity index (χ4n) is 4.04. The molecule has 4 aromatic rings. The molecule has 1 fully saturated rings. The molecule has 1 saturated heterocycles. The summed E-state index contributed by atoms with van der Waals surface area (Å²) in [5.41, 5.74) is 4.04. The normalized spacial score (nSPS) is 15.3. The number of likely N-dealkylation sites (tertiary alicyclic amines) is 1. The maximum absolute atomic E-state index is 5.55. The van der Waals surface area contributed by atoms with Gasteiger partial charge in [0.05, 0.1) is 19.0 Å². The number of rotatable bonds is 6. The minimum Gasteiger partial charge on any atom is -0.497 e. The van der Waals surface area contributed by atoms with Crippen molar-refractivity contribution in [2.24, 2.45) is 0 Å². The third-order valence-corrected chi connectivity index (χ3v) is 5.74. The first-order valence-electron chi connectivity index (χ1n) is 10.4. The minimum atomic E-state index is 0.281. The van der Waals surface area contributed by atoms with Gasteiger partial charge in [-0.05, 0) is 50.2 Å². The van der Waals surface area contributed by atoms with E-state index in [2.05, 4.69) is 36.3 Å². The number of ether oxygens (including phenoxy) is 1. The van der Waals surface area contributed by atoms with E-state index in [4.69, 9.17) is 9.26 Å². The van der Waals surface area contributed by atoms with Crippen LogP contribution >= 0.6 is 0 Å². The Kier molecular flexibility index (Phi) is 5.45. The predicted molar refractivity (Wildman–Crippen MR) is 115 cm³/mol. The molecule has 0 bridgehead atoms. The molecular weight excluding hydrogens is 392 g/mol. The van der Waals surface area contributed by atoms with Gasteiger partial charge in [0.1, 0.15) is 11.4 Å². The Labute approximate surface area is 180 Å². The molecule has 0 radical (unpaired) electrons. The standard InChI is InChI=1S/C23H24N6O2/c1-30-19-6-4-5-17(13-19)21-18(14-25-27-21)15-29-11-8-16(9-12-29)23-26-22(28-31-23)20-7-2-3-10-24-20/h2-7,10,13-14,16H,8-9,11-12,15H2,1H3,(H,25,27). The highest BCUT2D eigenvalue weighted by Gasteiger charge is 2.26. The maximum atomic E-state index is 5.55. The summed E-state index contributed by atoms with van der Waals surface area (Å²) in [6, 6.07) is 13.7. The van der Waals surface area contributed by atoms with Gasteiger partial charge in [0, 0.05) is 29.8 Å². The van der Waals surface area contributed by atoms with Gasteiger partial charge in [0.25, 0.3) is 0 Å². The zero-order valence-electron chi connectivity index (χ0n) is 17.4. The summed E-state index contributed by atoms with van der Waals surface area (Å²) in [4.78, 5) is 11.3. The van der Waals surface area contributed by atoms with Gasteiger partial charge in [-0.3, -0.25) is 15.0 Å². The number of methoxy groups -OCH3 is 1. The lowest BCUT2D eigenvalue weighted by molar-refractivity contribution is 0.188. The Morgan fingerprint density at radius 1 is 1.16 bits per heavy atom. The highest BCUT2D eigenvalue weighted by molar-refractivity contribution is 5.64. The molecule has 0 saturated carbocycles. The first kappa shape index (κ1) is 19.4. The molecule has 4 heterocycles. The van der Waals surface area contributed by atoms with Crippen LogP contribution in [0.25, 0.3) is 22.8 Å². The smallest absolute Gasteiger partial charge is 0.230 e. The van der Waals surface area contributed by atoms with Crippen molar-refractivity contribution in [3.05, 3.63) is 66.3 Å². The van der Waals surface area contributed by atoms with Gasteiger partial charge in [0.2, 0.25) is 11.7 Å². The molecule has 1 N–H and O–H groups in total. The average Bonchev–Trinajstić information content (AvgIpc) is 3.50. The summed E-state index contributed by atoms with van der Waals surface area (Å²) >= 11 is 0. The lowest BCUT2D eigenvalue weighted by atomic mass is 9.96. The van der Waals surface area contributed by atoms with Gasteiger partial charge in [-0.15, -0.1) is 0 Å². The summed E-state index contributed by atoms with van der Waals surface area (Å²) in [6.45, 7) is 2.78. The Bertz CT molecular complexity index is 1130. The summed E-state index contributed by atoms with van der Waals surface area (Å²) in [7, 11) is 1.68. The van der Waals surface area contributed by atoms with Crippen molar-refractivity contribution in [1.82, 2.24) is 30.2 Å². The quantitative estimate of drug-likeness (QED) is 0.509. The van der Waals surface area contributed by atoms with Crippen LogP contribution in [0.3, 0.4) is 0 Å². The molecule has 8 heteroatoms. The van der Waals surface area contributed by atoms with E-state index < -0.39 is 0 Å². The molecule has 3 aromatic heterocycles. The van der Waals surface area contributed by atoms with E-state index in [1.54, 1.807) is 13.3 Å². The number of H-pyrrole nitrogens is 1. The van der Waals surface area contributed by atoms with Crippen molar-refractivity contribution in [3.8, 4) is 28.5 Å². The summed E-state index contributed by atoms with van der Waals surface area (Å²) in [6.07, 6.45) is 5.62. The van der Waals surface area contributed by atoms with E-state index >= 15 is 0 Å². The number of hydrogen-bond acceptors (Lipinski definition) is 7. The van der Waals surface area contributed by atoms with Crippen LogP contribution in [-0.2, 0) is 6.54 Å². The molecule has 1 aromatic carbocycles. The highest BCUT2D eigenvalue weighted by atomic mass is 16.5. The van der Waals surface area contributed by atoms with Crippen LogP contribution in [-0.4, -0.2) is 50.4 Å². The van der Waals surface area contributed by atoms with Gasteiger partial charge in [-0.1, -0.05) is 23.4 Å². The van der Waals surface area contributed by atoms with E-state index in [0.29, 0.717) is 11.7 Å². The van der Waals surface area contributed by atoms with Crippen LogP contribution in [0, 0.1) is 0 Å². The van der Waals surface area contributed by atoms with Crippen molar-refractivity contribution < 1.29 is 9.26 Å². The Balaban J connectivity index is 1.22. The molecule has 1 aliphatic heterocycles. The van der Waals surface area contributed by atoms with Crippen molar-refractivity contribution >= 4 is 0 Å². The zero-order valence-corrected chi connectivity index (χ0v) is 17.4. The summed E-state index contributed by atoms with van der Waals surface area (Å²) in [5.74, 6) is 2.38. The topological polar surface area (TPSA) is 93.0 Å². The van der Waals surface area contributed by atoms with Crippen molar-refractivity contribution in [2.45, 2.75) is 25.3 Å². The fourth-order valence-corrected chi connectivity index (χ4v) is 4.04. The van der Waals surface area contributed by atoms with Crippen LogP contribution in [0.4, 0.5) is 0 Å². The van der Waals surface area contributed by atoms with Gasteiger partial charge in [-0.25, -0.2) is 0 Å². The SMILES string of the molecule is COc1cccc(-c2[nH]ncc2CN2CCC(c3nc(-c4ccccn4)no3)CC2)c1. The molecular formula is C23H24N6O2. The molecule has 158 valence electrons. The monoisotopic (exact) mass is 416 g/mol. The second-order valence-corrected chi connectivity index (χ2v) is 7.72. The Hall–Kier alpha value is -3.52. The third kappa shape index (κ3) is 4.20. The van der Waals surface area contributed by atoms with Crippen molar-refractivity contribution in [3.63, 3.8) is 0 Å². The van der Waals surface area contributed by atoms with Crippen molar-refractivity contribution in [2.75, 3.05) is 20.2 Å². The van der Waals surface area contributed by atoms with Crippen LogP contribution in [0.15, 0.2) is 59.4 Å². The summed E-state index contributed by atoms with van der Waals surface area (Å²) in [5, 5.41) is 11.5. The molecule has 0 spiro atoms. The lowest BCUT2D eigenvalue weighted by Gasteiger charge is -2.30. The third-order valence-electron chi connectivity index (χ3n) is 5.74. The number of benzene rings is 1. The fraction of sp³-hybridized carbons (Fsp3) is 0.304. The Morgan fingerprint density at radius 3 is 2.87 bits per heavy atom. The number of aromatic amines is 1. The molecule has 0 amide bonds. The molecule has 0 unspecified atom stereocenters. The van der Waals surface area contributed by atoms with Gasteiger partial charge in [0.15, 0.2) is 0 Å². The van der Waals surface area contributed by atoms with E-state index in [0.717, 1.165) is 55.2 Å². The highest BCUT2D eigenvalue weighted by Crippen LogP contribution is 2.30. The van der Waals surface area contributed by atoms with E-state index in [1.165, 1.54) is 5.56 Å². The molecule has 1 aliphatic rings. The first-order chi connectivity index (χ1) is 15.3. The molecule has 8 nitrogen and oxygen atoms in total. The predicted octanol–water partition coefficient (Wildman–Crippen LogP) is 3.91. The number of pyridine rings is 1. The molecule has 5 rings (SSSR count). The number of piperidine rings is 1. The van der Waals surface area contributed by atoms with Crippen LogP contribution in [0.2, 0.25) is 0 Å². The number of aromatic nitrogens is 5. The lowest BCUT2D eigenvalue weighted by Crippen LogP contribution is -2.32. The van der Waals surface area contributed by atoms with Crippen LogP contribution in [0.1, 0.15) is 30.2 Å². The molecule has 31 heavy (non-hydrogen) atoms. The van der Waals surface area contributed by atoms with E-state index in [1.807, 2.05) is 42.6 Å². The van der Waals surface area contributed by atoms with Gasteiger partial charge in [-0.2, -0.15) is 10.1 Å². The molecule has 0 atom stereocenters. The second-order valence-electron chi connectivity index (χ2n) is 7.72. The van der Waals surface area contributed by atoms with E-state index in [-0.39, 0.29) is 5.92 Å². The largest absolute Gasteiger partial charge is 0.497 e. The van der Waals surface area contributed by atoms with E-state index in [9.17, 15) is 0 Å². The van der Waals surface area contributed by atoms with Gasteiger partial charge >= 0.3 is 0 Å². The Morgan fingerprint density at radius 2 is 2.06 bits per heavy atom. The molecule has 0 aliphatic carbocycles. The number of hydrogen-bond donors (Lipinski definition) is 1. The van der Waals surface area contributed by atoms with Gasteiger partial charge < -0.3 is 9.26 Å².